The van der Waals surface area contributed by atoms with E-state index in [1.165, 1.54) is 50.4 Å². The fourth-order valence-electron chi connectivity index (χ4n) is 7.17. The molecule has 8 nitrogen and oxygen atoms in total. The van der Waals surface area contributed by atoms with E-state index in [1.54, 1.807) is 6.20 Å². The van der Waals surface area contributed by atoms with Crippen LogP contribution in [-0.4, -0.2) is 32.8 Å². The fraction of sp³-hybridized carbons (Fsp3) is 0.462. The largest absolute Gasteiger partial charge is 0.348 e. The number of nitrogens with zero attached hydrogens (tertiary/aromatic N) is 2. The van der Waals surface area contributed by atoms with E-state index >= 15 is 0 Å². The van der Waals surface area contributed by atoms with Gasteiger partial charge in [-0.2, -0.15) is 0 Å². The van der Waals surface area contributed by atoms with Crippen molar-refractivity contribution in [3.8, 4) is 0 Å². The number of aromatic nitrogens is 3. The van der Waals surface area contributed by atoms with Gasteiger partial charge in [-0.3, -0.25) is 20.4 Å². The summed E-state index contributed by atoms with van der Waals surface area (Å²) in [5.74, 6) is 1.49. The molecule has 0 unspecified atom stereocenters. The Hall–Kier alpha value is -1.82. The second kappa shape index (κ2) is 11.9. The maximum absolute atomic E-state index is 13.1. The first kappa shape index (κ1) is 29.7. The van der Waals surface area contributed by atoms with Gasteiger partial charge in [0.25, 0.3) is 11.8 Å². The molecular weight excluding hydrogens is 668 g/mol. The minimum atomic E-state index is -0.812. The second-order valence-electron chi connectivity index (χ2n) is 10.6. The molecule has 2 heterocycles. The van der Waals surface area contributed by atoms with Gasteiger partial charge in [0.1, 0.15) is 5.69 Å². The Kier molecular flexibility index (Phi) is 9.58. The van der Waals surface area contributed by atoms with E-state index in [1.807, 2.05) is 18.2 Å². The predicted molar refractivity (Wildman–Crippen MR) is 158 cm³/mol. The summed E-state index contributed by atoms with van der Waals surface area (Å²) in [4.78, 5) is 37.0. The molecule has 11 heteroatoms. The Morgan fingerprint density at radius 3 is 2.30 bits per heavy atom. The molecule has 3 aromatic rings. The minimum absolute atomic E-state index is 0. The van der Waals surface area contributed by atoms with Crippen molar-refractivity contribution in [2.75, 3.05) is 0 Å². The number of hydrazine groups is 1. The molecule has 4 bridgehead atoms. The maximum Gasteiger partial charge on any atom is 0.288 e. The third-order valence-electron chi connectivity index (χ3n) is 8.19. The number of rotatable bonds is 5. The number of pyridine rings is 1. The van der Waals surface area contributed by atoms with Gasteiger partial charge in [0.2, 0.25) is 0 Å². The summed E-state index contributed by atoms with van der Waals surface area (Å²) in [6.07, 6.45) is 11.1. The molecule has 2 aromatic heterocycles. The van der Waals surface area contributed by atoms with Gasteiger partial charge in [0.05, 0.1) is 17.9 Å². The third-order valence-corrected chi connectivity index (χ3v) is 8.19. The highest BCUT2D eigenvalue weighted by molar-refractivity contribution is 8.93. The van der Waals surface area contributed by atoms with Gasteiger partial charge in [-0.1, -0.05) is 18.2 Å². The van der Waals surface area contributed by atoms with Gasteiger partial charge in [-0.25, -0.2) is 9.97 Å². The third kappa shape index (κ3) is 5.79. The molecule has 1 aromatic carbocycles. The fourth-order valence-corrected chi connectivity index (χ4v) is 7.17. The molecule has 0 saturated heterocycles. The van der Waals surface area contributed by atoms with Crippen LogP contribution in [0.1, 0.15) is 60.3 Å². The molecule has 200 valence electrons. The van der Waals surface area contributed by atoms with Crippen LogP contribution in [0.2, 0.25) is 0 Å². The number of para-hydroxylation sites is 1. The van der Waals surface area contributed by atoms with Gasteiger partial charge >= 0.3 is 0 Å². The first-order chi connectivity index (χ1) is 16.5. The number of nitrogens with one attached hydrogen (secondary N) is 3. The van der Waals surface area contributed by atoms with Crippen LogP contribution in [0.15, 0.2) is 42.9 Å². The first-order valence-electron chi connectivity index (χ1n) is 12.2. The number of halogens is 3. The zero-order chi connectivity index (χ0) is 23.3. The molecule has 4 saturated carbocycles. The molecule has 0 aliphatic heterocycles. The molecular formula is C26H33Br3N6O2. The van der Waals surface area contributed by atoms with E-state index in [2.05, 4.69) is 37.9 Å². The molecule has 5 N–H and O–H groups in total. The lowest BCUT2D eigenvalue weighted by Crippen LogP contribution is -2.50. The maximum atomic E-state index is 13.1. The van der Waals surface area contributed by atoms with Crippen LogP contribution in [0.4, 0.5) is 0 Å². The zero-order valence-electron chi connectivity index (χ0n) is 20.3. The monoisotopic (exact) mass is 698 g/mol. The van der Waals surface area contributed by atoms with E-state index in [0.717, 1.165) is 34.4 Å². The smallest absolute Gasteiger partial charge is 0.288 e. The number of amides is 2. The lowest BCUT2D eigenvalue weighted by atomic mass is 9.48. The molecule has 0 spiro atoms. The van der Waals surface area contributed by atoms with Gasteiger partial charge < -0.3 is 10.7 Å². The van der Waals surface area contributed by atoms with Crippen LogP contribution in [0, 0.1) is 17.8 Å². The Balaban J connectivity index is 0.00000127. The second-order valence-corrected chi connectivity index (χ2v) is 10.6. The lowest BCUT2D eigenvalue weighted by Gasteiger charge is -2.57. The number of carbonyl (C=O) groups excluding carboxylic acids is 2. The molecule has 37 heavy (non-hydrogen) atoms. The number of aromatic amines is 1. The summed E-state index contributed by atoms with van der Waals surface area (Å²) in [6.45, 7) is 0. The van der Waals surface area contributed by atoms with Crippen LogP contribution in [-0.2, 0) is 16.6 Å². The highest BCUT2D eigenvalue weighted by Crippen LogP contribution is 2.61. The van der Waals surface area contributed by atoms with Crippen LogP contribution in [0.3, 0.4) is 0 Å². The van der Waals surface area contributed by atoms with Crippen molar-refractivity contribution in [2.24, 2.45) is 23.5 Å². The molecule has 2 amide bonds. The van der Waals surface area contributed by atoms with E-state index in [4.69, 9.17) is 5.73 Å². The average molecular weight is 701 g/mol. The Morgan fingerprint density at radius 2 is 1.68 bits per heavy atom. The van der Waals surface area contributed by atoms with Crippen molar-refractivity contribution in [3.05, 3.63) is 59.8 Å². The van der Waals surface area contributed by atoms with Crippen LogP contribution < -0.4 is 16.6 Å². The van der Waals surface area contributed by atoms with Crippen molar-refractivity contribution in [2.45, 2.75) is 56.4 Å². The number of benzene rings is 1. The summed E-state index contributed by atoms with van der Waals surface area (Å²) in [5, 5.41) is 1.15. The quantitative estimate of drug-likeness (QED) is 0.292. The van der Waals surface area contributed by atoms with Crippen molar-refractivity contribution >= 4 is 73.7 Å². The number of fused-ring (bicyclic) bond motifs is 1. The highest BCUT2D eigenvalue weighted by atomic mass is 79.9. The summed E-state index contributed by atoms with van der Waals surface area (Å²) in [6, 6.07) is 9.27. The predicted octanol–water partition coefficient (Wildman–Crippen LogP) is 4.49. The Morgan fingerprint density at radius 1 is 1.03 bits per heavy atom. The van der Waals surface area contributed by atoms with Crippen LogP contribution in [0.25, 0.3) is 10.9 Å². The van der Waals surface area contributed by atoms with Crippen molar-refractivity contribution in [1.29, 1.82) is 0 Å². The van der Waals surface area contributed by atoms with E-state index in [-0.39, 0.29) is 56.4 Å². The van der Waals surface area contributed by atoms with E-state index < -0.39 is 17.9 Å². The Labute approximate surface area is 247 Å². The van der Waals surface area contributed by atoms with Gasteiger partial charge in [-0.15, -0.1) is 50.9 Å². The number of hydrogen-bond donors (Lipinski definition) is 4. The number of imidazole rings is 1. The average Bonchev–Trinajstić information content (AvgIpc) is 3.33. The zero-order valence-corrected chi connectivity index (χ0v) is 25.5. The molecule has 7 rings (SSSR count). The van der Waals surface area contributed by atoms with Crippen LogP contribution in [0.5, 0.6) is 0 Å². The summed E-state index contributed by atoms with van der Waals surface area (Å²) >= 11 is 0. The molecule has 4 aliphatic carbocycles. The Bertz CT molecular complexity index is 1220. The summed E-state index contributed by atoms with van der Waals surface area (Å²) in [5.41, 5.74) is 14.2. The van der Waals surface area contributed by atoms with Gasteiger partial charge in [-0.05, 0) is 79.4 Å². The minimum Gasteiger partial charge on any atom is -0.348 e. The van der Waals surface area contributed by atoms with Gasteiger partial charge in [0.15, 0.2) is 0 Å². The molecule has 4 fully saturated rings. The van der Waals surface area contributed by atoms with Gasteiger partial charge in [0, 0.05) is 23.7 Å². The molecule has 4 aliphatic rings. The number of nitrogens with two attached hydrogens (primary N) is 1. The molecule has 1 atom stereocenters. The highest BCUT2D eigenvalue weighted by Gasteiger charge is 2.52. The van der Waals surface area contributed by atoms with Crippen molar-refractivity contribution in [3.63, 3.8) is 0 Å². The number of H-pyrrole nitrogens is 1. The summed E-state index contributed by atoms with van der Waals surface area (Å²) in [7, 11) is 0. The topological polar surface area (TPSA) is 126 Å². The van der Waals surface area contributed by atoms with E-state index in [0.29, 0.717) is 12.1 Å². The first-order valence-corrected chi connectivity index (χ1v) is 12.2. The number of carbonyl (C=O) groups is 2. The van der Waals surface area contributed by atoms with E-state index in [9.17, 15) is 9.59 Å². The van der Waals surface area contributed by atoms with Crippen molar-refractivity contribution < 1.29 is 9.59 Å². The van der Waals surface area contributed by atoms with Crippen LogP contribution >= 0.6 is 50.9 Å². The standard InChI is InChI=1S/C26H30N6O2.3BrH/c27-21(8-18-13-28-14-29-18)24(33)31-32-25(34)23-9-20(19-3-1-2-4-22(19)30-23)26-10-15-5-16(11-26)7-17(6-15)12-26;;;/h1-4,9,13-17,21H,5-8,10-12,27H2,(H,28,29)(H,31,33)(H,32,34);3*1H/t15?,16?,17?,21-,26?;;;/m0.../s1. The lowest BCUT2D eigenvalue weighted by molar-refractivity contribution is -0.123. The number of hydrogen-bond acceptors (Lipinski definition) is 5. The summed E-state index contributed by atoms with van der Waals surface area (Å²) < 4.78 is 0. The normalized spacial score (nSPS) is 25.8. The van der Waals surface area contributed by atoms with Crippen molar-refractivity contribution in [1.82, 2.24) is 25.8 Å². The molecule has 0 radical (unpaired) electrons. The SMILES string of the molecule is Br.Br.Br.N[C@@H](Cc1cnc[nH]1)C(=O)NNC(=O)c1cc(C23CC4CC(CC(C4)C2)C3)c2ccccc2n1.